The van der Waals surface area contributed by atoms with E-state index in [4.69, 9.17) is 4.74 Å². The maximum atomic E-state index is 13.8. The molecule has 0 spiro atoms. The number of carbonyl (C=O) groups is 2. The summed E-state index contributed by atoms with van der Waals surface area (Å²) in [5.74, 6) is -4.02. The molecule has 2 amide bonds. The van der Waals surface area contributed by atoms with Gasteiger partial charge in [-0.3, -0.25) is 14.4 Å². The van der Waals surface area contributed by atoms with Gasteiger partial charge in [0.05, 0.1) is 19.2 Å². The predicted molar refractivity (Wildman–Crippen MR) is 107 cm³/mol. The molecule has 0 unspecified atom stereocenters. The van der Waals surface area contributed by atoms with E-state index in [-0.39, 0.29) is 36.3 Å². The fourth-order valence-electron chi connectivity index (χ4n) is 4.11. The van der Waals surface area contributed by atoms with E-state index in [1.807, 2.05) is 13.8 Å². The van der Waals surface area contributed by atoms with Crippen LogP contribution >= 0.6 is 0 Å². The summed E-state index contributed by atoms with van der Waals surface area (Å²) in [5, 5.41) is 15.1. The van der Waals surface area contributed by atoms with Crippen molar-refractivity contribution in [3.63, 3.8) is 0 Å². The number of benzene rings is 1. The molecule has 1 aromatic carbocycles. The number of fused-ring (bicyclic) bond motifs is 2. The Morgan fingerprint density at radius 3 is 2.78 bits per heavy atom. The van der Waals surface area contributed by atoms with Crippen LogP contribution in [0.2, 0.25) is 0 Å². The molecule has 2 aliphatic heterocycles. The highest BCUT2D eigenvalue weighted by Gasteiger charge is 2.44. The molecule has 2 aliphatic rings. The van der Waals surface area contributed by atoms with Crippen LogP contribution in [0.4, 0.5) is 8.78 Å². The number of amides is 2. The van der Waals surface area contributed by atoms with Crippen LogP contribution in [0.15, 0.2) is 29.2 Å². The SMILES string of the molecule is CC[C@H](C)[C@H]1CO[C@@H]2Cn3cc(C(=O)NCc4ccc(F)cc4F)c(=O)c([O-])c3C(=O)N12. The molecule has 170 valence electrons. The van der Waals surface area contributed by atoms with E-state index in [0.29, 0.717) is 12.7 Å². The number of hydrogen-bond donors (Lipinski definition) is 1. The largest absolute Gasteiger partial charge is 0.868 e. The molecule has 2 aromatic rings. The van der Waals surface area contributed by atoms with Crippen LogP contribution < -0.4 is 15.9 Å². The van der Waals surface area contributed by atoms with E-state index in [1.165, 1.54) is 15.5 Å². The average Bonchev–Trinajstić information content (AvgIpc) is 3.19. The summed E-state index contributed by atoms with van der Waals surface area (Å²) in [6, 6.07) is 2.69. The van der Waals surface area contributed by atoms with Gasteiger partial charge in [-0.25, -0.2) is 8.78 Å². The second kappa shape index (κ2) is 8.34. The van der Waals surface area contributed by atoms with Crippen LogP contribution in [0.25, 0.3) is 0 Å². The second-order valence-electron chi connectivity index (χ2n) is 8.07. The van der Waals surface area contributed by atoms with Gasteiger partial charge >= 0.3 is 0 Å². The third-order valence-electron chi connectivity index (χ3n) is 6.15. The molecule has 4 rings (SSSR count). The zero-order valence-electron chi connectivity index (χ0n) is 17.6. The van der Waals surface area contributed by atoms with E-state index in [9.17, 15) is 28.3 Å². The van der Waals surface area contributed by atoms with Crippen LogP contribution in [0.1, 0.15) is 46.7 Å². The lowest BCUT2D eigenvalue weighted by molar-refractivity contribution is -0.271. The van der Waals surface area contributed by atoms with Gasteiger partial charge in [-0.2, -0.15) is 0 Å². The molecule has 1 aromatic heterocycles. The highest BCUT2D eigenvalue weighted by molar-refractivity contribution is 5.99. The summed E-state index contributed by atoms with van der Waals surface area (Å²) >= 11 is 0. The molecule has 1 N–H and O–H groups in total. The number of nitrogens with one attached hydrogen (secondary N) is 1. The zero-order valence-corrected chi connectivity index (χ0v) is 17.6. The Balaban J connectivity index is 1.61. The normalized spacial score (nSPS) is 20.6. The molecular formula is C22H22F2N3O5-. The Morgan fingerprint density at radius 2 is 2.09 bits per heavy atom. The molecule has 1 saturated heterocycles. The molecule has 8 nitrogen and oxygen atoms in total. The maximum Gasteiger partial charge on any atom is 0.272 e. The van der Waals surface area contributed by atoms with Gasteiger partial charge in [0.25, 0.3) is 11.8 Å². The molecule has 10 heteroatoms. The van der Waals surface area contributed by atoms with Crippen molar-refractivity contribution in [3.05, 3.63) is 63.1 Å². The van der Waals surface area contributed by atoms with Crippen LogP contribution in [0.3, 0.4) is 0 Å². The van der Waals surface area contributed by atoms with Crippen molar-refractivity contribution < 1.29 is 28.2 Å². The van der Waals surface area contributed by atoms with E-state index in [2.05, 4.69) is 5.32 Å². The van der Waals surface area contributed by atoms with Gasteiger partial charge in [-0.05, 0) is 17.7 Å². The summed E-state index contributed by atoms with van der Waals surface area (Å²) in [4.78, 5) is 39.7. The van der Waals surface area contributed by atoms with Crippen LogP contribution in [0, 0.1) is 17.6 Å². The third-order valence-corrected chi connectivity index (χ3v) is 6.15. The maximum absolute atomic E-state index is 13.8. The number of nitrogens with zero attached hydrogens (tertiary/aromatic N) is 2. The van der Waals surface area contributed by atoms with Gasteiger partial charge in [-0.15, -0.1) is 0 Å². The molecule has 0 radical (unpaired) electrons. The minimum Gasteiger partial charge on any atom is -0.868 e. The molecule has 1 fully saturated rings. The molecule has 3 atom stereocenters. The molecule has 32 heavy (non-hydrogen) atoms. The Kier molecular flexibility index (Phi) is 5.72. The topological polar surface area (TPSA) is 104 Å². The summed E-state index contributed by atoms with van der Waals surface area (Å²) in [7, 11) is 0. The summed E-state index contributed by atoms with van der Waals surface area (Å²) in [5.41, 5.74) is -1.85. The molecule has 3 heterocycles. The monoisotopic (exact) mass is 446 g/mol. The van der Waals surface area contributed by atoms with Gasteiger partial charge in [0, 0.05) is 24.4 Å². The van der Waals surface area contributed by atoms with Crippen molar-refractivity contribution in [3.8, 4) is 5.75 Å². The standard InChI is InChI=1S/C22H23F2N3O5/c1-3-11(2)16-10-32-17-9-26-8-14(19(28)20(29)18(26)22(31)27(16)17)21(30)25-7-12-4-5-13(23)6-15(12)24/h4-6,8,11,16-17,29H,3,7,9-10H2,1-2H3,(H,25,30)/p-1/t11-,16+,17+/m0/s1. The van der Waals surface area contributed by atoms with Crippen molar-refractivity contribution >= 4 is 11.8 Å². The Hall–Kier alpha value is -3.27. The quantitative estimate of drug-likeness (QED) is 0.747. The van der Waals surface area contributed by atoms with E-state index in [1.54, 1.807) is 0 Å². The number of ether oxygens (including phenoxy) is 1. The van der Waals surface area contributed by atoms with Crippen molar-refractivity contribution in [1.82, 2.24) is 14.8 Å². The smallest absolute Gasteiger partial charge is 0.272 e. The molecule has 0 bridgehead atoms. The summed E-state index contributed by atoms with van der Waals surface area (Å²) in [6.07, 6.45) is 1.38. The minimum absolute atomic E-state index is 0.0152. The highest BCUT2D eigenvalue weighted by Crippen LogP contribution is 2.32. The number of carbonyl (C=O) groups excluding carboxylic acids is 2. The third kappa shape index (κ3) is 3.64. The van der Waals surface area contributed by atoms with Crippen molar-refractivity contribution in [2.24, 2.45) is 5.92 Å². The second-order valence-corrected chi connectivity index (χ2v) is 8.07. The van der Waals surface area contributed by atoms with Gasteiger partial charge in [0.2, 0.25) is 0 Å². The Bertz CT molecular complexity index is 1150. The Labute approximate surface area is 182 Å². The Morgan fingerprint density at radius 1 is 1.34 bits per heavy atom. The summed E-state index contributed by atoms with van der Waals surface area (Å²) in [6.45, 7) is 4.11. The van der Waals surface area contributed by atoms with Crippen molar-refractivity contribution in [2.75, 3.05) is 6.61 Å². The van der Waals surface area contributed by atoms with Gasteiger partial charge < -0.3 is 24.6 Å². The fourth-order valence-corrected chi connectivity index (χ4v) is 4.11. The summed E-state index contributed by atoms with van der Waals surface area (Å²) < 4.78 is 33.9. The van der Waals surface area contributed by atoms with Gasteiger partial charge in [0.1, 0.15) is 22.9 Å². The van der Waals surface area contributed by atoms with E-state index >= 15 is 0 Å². The van der Waals surface area contributed by atoms with Crippen LogP contribution in [-0.4, -0.2) is 40.2 Å². The van der Waals surface area contributed by atoms with Gasteiger partial charge in [0.15, 0.2) is 11.7 Å². The number of hydrogen-bond acceptors (Lipinski definition) is 5. The number of rotatable bonds is 5. The predicted octanol–water partition coefficient (Wildman–Crippen LogP) is 1.36. The molecular weight excluding hydrogens is 424 g/mol. The van der Waals surface area contributed by atoms with Crippen molar-refractivity contribution in [1.29, 1.82) is 0 Å². The lowest BCUT2D eigenvalue weighted by Gasteiger charge is -2.37. The van der Waals surface area contributed by atoms with Crippen LogP contribution in [-0.2, 0) is 17.8 Å². The fraction of sp³-hybridized carbons (Fsp3) is 0.409. The number of halogens is 2. The molecule has 0 aliphatic carbocycles. The first-order valence-corrected chi connectivity index (χ1v) is 10.3. The van der Waals surface area contributed by atoms with Crippen LogP contribution in [0.5, 0.6) is 5.75 Å². The first-order chi connectivity index (χ1) is 15.2. The van der Waals surface area contributed by atoms with Crippen molar-refractivity contribution in [2.45, 2.75) is 45.6 Å². The van der Waals surface area contributed by atoms with E-state index < -0.39 is 46.4 Å². The first-order valence-electron chi connectivity index (χ1n) is 10.3. The minimum atomic E-state index is -1.11. The van der Waals surface area contributed by atoms with E-state index in [0.717, 1.165) is 18.7 Å². The zero-order chi connectivity index (χ0) is 23.2. The number of aromatic nitrogens is 1. The van der Waals surface area contributed by atoms with Gasteiger partial charge in [-0.1, -0.05) is 26.3 Å². The lowest BCUT2D eigenvalue weighted by Crippen LogP contribution is -2.51. The lowest BCUT2D eigenvalue weighted by atomic mass is 9.98. The highest BCUT2D eigenvalue weighted by atomic mass is 19.1. The molecule has 0 saturated carbocycles. The average molecular weight is 446 g/mol. The first kappa shape index (κ1) is 21.9. The number of pyridine rings is 1.